The van der Waals surface area contributed by atoms with E-state index in [1.165, 1.54) is 18.2 Å². The first kappa shape index (κ1) is 15.3. The van der Waals surface area contributed by atoms with E-state index in [0.717, 1.165) is 5.56 Å². The SMILES string of the molecule is O=C(CCc1ccc2oc(=O)[nH]c2c1)Nc1ccc(F)c(Cl)c1. The molecule has 0 aliphatic carbocycles. The number of anilines is 1. The highest BCUT2D eigenvalue weighted by Crippen LogP contribution is 2.20. The maximum Gasteiger partial charge on any atom is 0.417 e. The normalized spacial score (nSPS) is 10.9. The zero-order valence-electron chi connectivity index (χ0n) is 11.9. The van der Waals surface area contributed by atoms with Crippen LogP contribution in [0.25, 0.3) is 11.1 Å². The fourth-order valence-corrected chi connectivity index (χ4v) is 2.39. The lowest BCUT2D eigenvalue weighted by atomic mass is 10.1. The Morgan fingerprint density at radius 3 is 2.87 bits per heavy atom. The number of aromatic amines is 1. The van der Waals surface area contributed by atoms with Crippen molar-refractivity contribution in [3.63, 3.8) is 0 Å². The Bertz CT molecular complexity index is 932. The van der Waals surface area contributed by atoms with Crippen molar-refractivity contribution in [2.45, 2.75) is 12.8 Å². The van der Waals surface area contributed by atoms with Crippen LogP contribution in [0.3, 0.4) is 0 Å². The van der Waals surface area contributed by atoms with Crippen LogP contribution in [0, 0.1) is 5.82 Å². The van der Waals surface area contributed by atoms with Crippen LogP contribution in [0.5, 0.6) is 0 Å². The molecule has 3 rings (SSSR count). The number of carbonyl (C=O) groups is 1. The largest absolute Gasteiger partial charge is 0.417 e. The monoisotopic (exact) mass is 334 g/mol. The molecule has 0 radical (unpaired) electrons. The lowest BCUT2D eigenvalue weighted by molar-refractivity contribution is -0.116. The highest BCUT2D eigenvalue weighted by atomic mass is 35.5. The summed E-state index contributed by atoms with van der Waals surface area (Å²) in [4.78, 5) is 25.6. The van der Waals surface area contributed by atoms with Gasteiger partial charge in [0.05, 0.1) is 10.5 Å². The highest BCUT2D eigenvalue weighted by Gasteiger charge is 2.07. The quantitative estimate of drug-likeness (QED) is 0.767. The summed E-state index contributed by atoms with van der Waals surface area (Å²) in [6.07, 6.45) is 0.729. The van der Waals surface area contributed by atoms with Crippen molar-refractivity contribution in [3.8, 4) is 0 Å². The molecule has 0 unspecified atom stereocenters. The maximum atomic E-state index is 13.1. The average Bonchev–Trinajstić information content (AvgIpc) is 2.88. The van der Waals surface area contributed by atoms with Gasteiger partial charge >= 0.3 is 5.76 Å². The number of carbonyl (C=O) groups excluding carboxylic acids is 1. The number of oxazole rings is 1. The molecule has 0 aliphatic rings. The molecule has 7 heteroatoms. The van der Waals surface area contributed by atoms with Gasteiger partial charge in [-0.15, -0.1) is 0 Å². The van der Waals surface area contributed by atoms with E-state index in [9.17, 15) is 14.0 Å². The molecule has 2 aromatic carbocycles. The molecule has 1 aromatic heterocycles. The highest BCUT2D eigenvalue weighted by molar-refractivity contribution is 6.31. The molecule has 0 saturated carbocycles. The van der Waals surface area contributed by atoms with E-state index >= 15 is 0 Å². The van der Waals surface area contributed by atoms with Crippen LogP contribution < -0.4 is 11.1 Å². The minimum absolute atomic E-state index is 0.0443. The smallest absolute Gasteiger partial charge is 0.408 e. The third-order valence-corrected chi connectivity index (χ3v) is 3.62. The first-order valence-electron chi connectivity index (χ1n) is 6.88. The molecule has 0 atom stereocenters. The molecule has 0 saturated heterocycles. The number of amides is 1. The number of hydrogen-bond acceptors (Lipinski definition) is 3. The van der Waals surface area contributed by atoms with Gasteiger partial charge in [-0.3, -0.25) is 9.78 Å². The second kappa shape index (κ2) is 6.26. The molecule has 3 aromatic rings. The maximum absolute atomic E-state index is 13.1. The van der Waals surface area contributed by atoms with Crippen molar-refractivity contribution in [1.82, 2.24) is 4.98 Å². The van der Waals surface area contributed by atoms with Crippen molar-refractivity contribution >= 4 is 34.3 Å². The van der Waals surface area contributed by atoms with Crippen LogP contribution >= 0.6 is 11.6 Å². The minimum atomic E-state index is -0.535. The summed E-state index contributed by atoms with van der Waals surface area (Å²) in [6.45, 7) is 0. The van der Waals surface area contributed by atoms with Crippen LogP contribution in [-0.4, -0.2) is 10.9 Å². The third-order valence-electron chi connectivity index (χ3n) is 3.33. The van der Waals surface area contributed by atoms with E-state index in [4.69, 9.17) is 16.0 Å². The molecule has 0 spiro atoms. The Balaban J connectivity index is 1.63. The van der Waals surface area contributed by atoms with Gasteiger partial charge in [-0.25, -0.2) is 9.18 Å². The van der Waals surface area contributed by atoms with Crippen molar-refractivity contribution in [2.24, 2.45) is 0 Å². The molecule has 0 aliphatic heterocycles. The Morgan fingerprint density at radius 2 is 2.09 bits per heavy atom. The van der Waals surface area contributed by atoms with E-state index in [1.54, 1.807) is 18.2 Å². The molecule has 2 N–H and O–H groups in total. The van der Waals surface area contributed by atoms with Gasteiger partial charge < -0.3 is 9.73 Å². The van der Waals surface area contributed by atoms with Crippen LogP contribution in [-0.2, 0) is 11.2 Å². The van der Waals surface area contributed by atoms with Crippen molar-refractivity contribution in [3.05, 3.63) is 63.4 Å². The summed E-state index contributed by atoms with van der Waals surface area (Å²) in [6, 6.07) is 9.24. The second-order valence-corrected chi connectivity index (χ2v) is 5.43. The number of benzene rings is 2. The Kier molecular flexibility index (Phi) is 4.16. The summed E-state index contributed by atoms with van der Waals surface area (Å²) in [5, 5.41) is 2.61. The summed E-state index contributed by atoms with van der Waals surface area (Å²) in [5.41, 5.74) is 2.40. The molecule has 0 bridgehead atoms. The van der Waals surface area contributed by atoms with Gasteiger partial charge in [-0.1, -0.05) is 17.7 Å². The number of aryl methyl sites for hydroxylation is 1. The topological polar surface area (TPSA) is 75.1 Å². The first-order valence-corrected chi connectivity index (χ1v) is 7.26. The number of rotatable bonds is 4. The fourth-order valence-electron chi connectivity index (χ4n) is 2.21. The van der Waals surface area contributed by atoms with E-state index in [0.29, 0.717) is 23.2 Å². The van der Waals surface area contributed by atoms with Crippen molar-refractivity contribution < 1.29 is 13.6 Å². The van der Waals surface area contributed by atoms with Gasteiger partial charge in [0.1, 0.15) is 5.82 Å². The number of nitrogens with one attached hydrogen (secondary N) is 2. The number of hydrogen-bond donors (Lipinski definition) is 2. The Morgan fingerprint density at radius 1 is 1.26 bits per heavy atom. The van der Waals surface area contributed by atoms with Gasteiger partial charge in [0.2, 0.25) is 5.91 Å². The van der Waals surface area contributed by atoms with Crippen LogP contribution in [0.15, 0.2) is 45.6 Å². The van der Waals surface area contributed by atoms with E-state index in [-0.39, 0.29) is 17.4 Å². The zero-order chi connectivity index (χ0) is 16.4. The predicted molar refractivity (Wildman–Crippen MR) is 85.2 cm³/mol. The number of halogens is 2. The first-order chi connectivity index (χ1) is 11.0. The van der Waals surface area contributed by atoms with Crippen LogP contribution in [0.4, 0.5) is 10.1 Å². The molecular weight excluding hydrogens is 323 g/mol. The van der Waals surface area contributed by atoms with Gasteiger partial charge in [0.15, 0.2) is 5.58 Å². The Hall–Kier alpha value is -2.60. The summed E-state index contributed by atoms with van der Waals surface area (Å²) in [7, 11) is 0. The molecule has 0 fully saturated rings. The number of H-pyrrole nitrogens is 1. The number of aromatic nitrogens is 1. The molecule has 1 heterocycles. The molecule has 118 valence electrons. The van der Waals surface area contributed by atoms with E-state index in [2.05, 4.69) is 10.3 Å². The van der Waals surface area contributed by atoms with Crippen molar-refractivity contribution in [1.29, 1.82) is 0 Å². The van der Waals surface area contributed by atoms with Gasteiger partial charge in [0.25, 0.3) is 0 Å². The van der Waals surface area contributed by atoms with E-state index in [1.807, 2.05) is 0 Å². The predicted octanol–water partition coefficient (Wildman–Crippen LogP) is 3.48. The lowest BCUT2D eigenvalue weighted by Gasteiger charge is -2.06. The lowest BCUT2D eigenvalue weighted by Crippen LogP contribution is -2.12. The van der Waals surface area contributed by atoms with Crippen LogP contribution in [0.2, 0.25) is 5.02 Å². The minimum Gasteiger partial charge on any atom is -0.408 e. The molecule has 1 amide bonds. The molecule has 5 nitrogen and oxygen atoms in total. The van der Waals surface area contributed by atoms with Gasteiger partial charge in [0, 0.05) is 12.1 Å². The number of fused-ring (bicyclic) bond motifs is 1. The van der Waals surface area contributed by atoms with Gasteiger partial charge in [-0.2, -0.15) is 0 Å². The summed E-state index contributed by atoms with van der Waals surface area (Å²) >= 11 is 5.66. The fraction of sp³-hybridized carbons (Fsp3) is 0.125. The standard InChI is InChI=1S/C16H12ClFN2O3/c17-11-8-10(3-4-12(11)18)19-15(21)6-2-9-1-5-14-13(7-9)20-16(22)23-14/h1,3-5,7-8H,2,6H2,(H,19,21)(H,20,22). The molecule has 23 heavy (non-hydrogen) atoms. The Labute approximate surface area is 135 Å². The third kappa shape index (κ3) is 3.60. The summed E-state index contributed by atoms with van der Waals surface area (Å²) < 4.78 is 18.0. The molecular formula is C16H12ClFN2O3. The second-order valence-electron chi connectivity index (χ2n) is 5.02. The van der Waals surface area contributed by atoms with Gasteiger partial charge in [-0.05, 0) is 42.3 Å². The average molecular weight is 335 g/mol. The van der Waals surface area contributed by atoms with E-state index < -0.39 is 11.6 Å². The van der Waals surface area contributed by atoms with Crippen molar-refractivity contribution in [2.75, 3.05) is 5.32 Å². The summed E-state index contributed by atoms with van der Waals surface area (Å²) in [5.74, 6) is -1.26. The zero-order valence-corrected chi connectivity index (χ0v) is 12.6. The van der Waals surface area contributed by atoms with Crippen LogP contribution in [0.1, 0.15) is 12.0 Å².